The van der Waals surface area contributed by atoms with Gasteiger partial charge >= 0.3 is 11.9 Å². The molecule has 2 heterocycles. The topological polar surface area (TPSA) is 84.2 Å². The molecule has 2 aromatic heterocycles. The van der Waals surface area contributed by atoms with Gasteiger partial charge in [-0.25, -0.2) is 9.59 Å². The summed E-state index contributed by atoms with van der Waals surface area (Å²) in [6, 6.07) is 8.33. The fourth-order valence-electron chi connectivity index (χ4n) is 5.91. The molecule has 0 spiro atoms. The van der Waals surface area contributed by atoms with Gasteiger partial charge in [0.2, 0.25) is 0 Å². The van der Waals surface area contributed by atoms with Gasteiger partial charge < -0.3 is 19.4 Å². The summed E-state index contributed by atoms with van der Waals surface area (Å²) >= 11 is 3.57. The number of benzene rings is 1. The van der Waals surface area contributed by atoms with Gasteiger partial charge in [-0.05, 0) is 105 Å². The van der Waals surface area contributed by atoms with E-state index in [1.807, 2.05) is 26.0 Å². The monoisotopic (exact) mass is 552 g/mol. The SMILES string of the molecule is CCOC(=O)c1[nH]c(C(c2ccc(Br)cc2)c2[nH]c(C(=O)OCC)c3c2CCCC3)c2c1CCCC2. The van der Waals surface area contributed by atoms with E-state index in [1.165, 1.54) is 11.1 Å². The highest BCUT2D eigenvalue weighted by Crippen LogP contribution is 2.42. The number of aromatic amines is 2. The Balaban J connectivity index is 1.73. The molecule has 36 heavy (non-hydrogen) atoms. The third-order valence-corrected chi connectivity index (χ3v) is 7.98. The van der Waals surface area contributed by atoms with Crippen LogP contribution < -0.4 is 0 Å². The van der Waals surface area contributed by atoms with Crippen molar-refractivity contribution in [2.75, 3.05) is 13.2 Å². The molecular weight excluding hydrogens is 520 g/mol. The summed E-state index contributed by atoms with van der Waals surface area (Å²) in [5.41, 5.74) is 8.92. The molecule has 7 heteroatoms. The molecule has 0 atom stereocenters. The van der Waals surface area contributed by atoms with Gasteiger partial charge in [-0.15, -0.1) is 0 Å². The number of nitrogens with one attached hydrogen (secondary N) is 2. The second-order valence-electron chi connectivity index (χ2n) is 9.58. The molecule has 3 aromatic rings. The number of fused-ring (bicyclic) bond motifs is 2. The smallest absolute Gasteiger partial charge is 0.355 e. The first-order valence-electron chi connectivity index (χ1n) is 13.1. The van der Waals surface area contributed by atoms with Crippen molar-refractivity contribution in [1.82, 2.24) is 9.97 Å². The zero-order chi connectivity index (χ0) is 25.2. The molecule has 0 fully saturated rings. The number of aromatic nitrogens is 2. The first kappa shape index (κ1) is 24.9. The first-order valence-corrected chi connectivity index (χ1v) is 13.9. The zero-order valence-electron chi connectivity index (χ0n) is 21.0. The molecule has 0 aliphatic heterocycles. The minimum Gasteiger partial charge on any atom is -0.461 e. The van der Waals surface area contributed by atoms with Crippen LogP contribution in [0.5, 0.6) is 0 Å². The van der Waals surface area contributed by atoms with Gasteiger partial charge in [-0.1, -0.05) is 28.1 Å². The average molecular weight is 553 g/mol. The number of rotatable bonds is 7. The lowest BCUT2D eigenvalue weighted by Crippen LogP contribution is -2.12. The maximum absolute atomic E-state index is 12.9. The molecule has 0 unspecified atom stereocenters. The number of esters is 2. The molecule has 1 aromatic carbocycles. The van der Waals surface area contributed by atoms with Gasteiger partial charge in [0.15, 0.2) is 0 Å². The van der Waals surface area contributed by atoms with Crippen molar-refractivity contribution in [2.24, 2.45) is 0 Å². The summed E-state index contributed by atoms with van der Waals surface area (Å²) in [5, 5.41) is 0. The molecule has 0 radical (unpaired) electrons. The van der Waals surface area contributed by atoms with E-state index >= 15 is 0 Å². The largest absolute Gasteiger partial charge is 0.461 e. The van der Waals surface area contributed by atoms with Crippen molar-refractivity contribution < 1.29 is 19.1 Å². The second kappa shape index (κ2) is 10.7. The fraction of sp³-hybridized carbons (Fsp3) is 0.448. The molecule has 190 valence electrons. The van der Waals surface area contributed by atoms with E-state index < -0.39 is 0 Å². The highest BCUT2D eigenvalue weighted by Gasteiger charge is 2.34. The van der Waals surface area contributed by atoms with Crippen LogP contribution in [0, 0.1) is 0 Å². The minimum absolute atomic E-state index is 0.164. The fourth-order valence-corrected chi connectivity index (χ4v) is 6.17. The Morgan fingerprint density at radius 2 is 1.17 bits per heavy atom. The Hall–Kier alpha value is -2.80. The van der Waals surface area contributed by atoms with Gasteiger partial charge in [0.1, 0.15) is 11.4 Å². The minimum atomic E-state index is -0.294. The van der Waals surface area contributed by atoms with Crippen molar-refractivity contribution >= 4 is 27.9 Å². The van der Waals surface area contributed by atoms with Crippen LogP contribution >= 0.6 is 15.9 Å². The van der Waals surface area contributed by atoms with Crippen molar-refractivity contribution in [1.29, 1.82) is 0 Å². The second-order valence-corrected chi connectivity index (χ2v) is 10.5. The number of hydrogen-bond donors (Lipinski definition) is 2. The Morgan fingerprint density at radius 3 is 1.58 bits per heavy atom. The number of carbonyl (C=O) groups excluding carboxylic acids is 2. The molecule has 6 nitrogen and oxygen atoms in total. The molecule has 2 aliphatic rings. The Bertz CT molecular complexity index is 1200. The average Bonchev–Trinajstić information content (AvgIpc) is 3.46. The van der Waals surface area contributed by atoms with Crippen LogP contribution in [0.4, 0.5) is 0 Å². The molecular formula is C29H33BrN2O4. The highest BCUT2D eigenvalue weighted by atomic mass is 79.9. The lowest BCUT2D eigenvalue weighted by atomic mass is 9.82. The van der Waals surface area contributed by atoms with Crippen molar-refractivity contribution in [3.63, 3.8) is 0 Å². The third-order valence-electron chi connectivity index (χ3n) is 7.45. The predicted octanol–water partition coefficient (Wildman–Crippen LogP) is 6.40. The molecule has 0 amide bonds. The maximum Gasteiger partial charge on any atom is 0.355 e. The summed E-state index contributed by atoms with van der Waals surface area (Å²) in [6.07, 6.45) is 7.86. The molecule has 5 rings (SSSR count). The van der Waals surface area contributed by atoms with Gasteiger partial charge in [0.25, 0.3) is 0 Å². The summed E-state index contributed by atoms with van der Waals surface area (Å²) in [7, 11) is 0. The molecule has 0 saturated heterocycles. The number of carbonyl (C=O) groups is 2. The third kappa shape index (κ3) is 4.54. The van der Waals surface area contributed by atoms with E-state index in [0.29, 0.717) is 24.6 Å². The van der Waals surface area contributed by atoms with E-state index in [1.54, 1.807) is 0 Å². The van der Waals surface area contributed by atoms with Gasteiger partial charge in [-0.2, -0.15) is 0 Å². The van der Waals surface area contributed by atoms with E-state index in [2.05, 4.69) is 38.0 Å². The normalized spacial score (nSPS) is 14.9. The van der Waals surface area contributed by atoms with Gasteiger partial charge in [0.05, 0.1) is 19.1 Å². The van der Waals surface area contributed by atoms with Crippen LogP contribution in [0.3, 0.4) is 0 Å². The lowest BCUT2D eigenvalue weighted by Gasteiger charge is -2.23. The molecule has 2 aliphatic carbocycles. The van der Waals surface area contributed by atoms with Crippen LogP contribution in [-0.4, -0.2) is 35.1 Å². The maximum atomic E-state index is 12.9. The summed E-state index contributed by atoms with van der Waals surface area (Å²) < 4.78 is 11.8. The van der Waals surface area contributed by atoms with Gasteiger partial charge in [0, 0.05) is 15.9 Å². The number of H-pyrrole nitrogens is 2. The van der Waals surface area contributed by atoms with E-state index in [4.69, 9.17) is 9.47 Å². The van der Waals surface area contributed by atoms with Gasteiger partial charge in [-0.3, -0.25) is 0 Å². The quantitative estimate of drug-likeness (QED) is 0.332. The highest BCUT2D eigenvalue weighted by molar-refractivity contribution is 9.10. The Kier molecular flexibility index (Phi) is 7.37. The first-order chi connectivity index (χ1) is 17.5. The summed E-state index contributed by atoms with van der Waals surface area (Å²) in [4.78, 5) is 33.0. The number of hydrogen-bond acceptors (Lipinski definition) is 4. The van der Waals surface area contributed by atoms with E-state index in [0.717, 1.165) is 83.9 Å². The number of halogens is 1. The van der Waals surface area contributed by atoms with Crippen molar-refractivity contribution in [3.8, 4) is 0 Å². The van der Waals surface area contributed by atoms with Crippen LogP contribution in [0.15, 0.2) is 28.7 Å². The number of ether oxygens (including phenoxy) is 2. The van der Waals surface area contributed by atoms with E-state index in [9.17, 15) is 9.59 Å². The summed E-state index contributed by atoms with van der Waals surface area (Å²) in [5.74, 6) is -0.752. The predicted molar refractivity (Wildman–Crippen MR) is 142 cm³/mol. The van der Waals surface area contributed by atoms with Crippen molar-refractivity contribution in [3.05, 3.63) is 79.3 Å². The van der Waals surface area contributed by atoms with Crippen LogP contribution in [0.1, 0.15) is 106 Å². The van der Waals surface area contributed by atoms with Crippen LogP contribution in [0.25, 0.3) is 0 Å². The molecule has 0 bridgehead atoms. The van der Waals surface area contributed by atoms with Crippen LogP contribution in [-0.2, 0) is 35.2 Å². The Labute approximate surface area is 220 Å². The van der Waals surface area contributed by atoms with E-state index in [-0.39, 0.29) is 17.9 Å². The zero-order valence-corrected chi connectivity index (χ0v) is 22.6. The Morgan fingerprint density at radius 1 is 0.750 bits per heavy atom. The molecule has 2 N–H and O–H groups in total. The van der Waals surface area contributed by atoms with Crippen LogP contribution in [0.2, 0.25) is 0 Å². The standard InChI is InChI=1S/C29H33BrN2O4/c1-3-35-28(33)26-21-11-7-5-9-19(21)24(31-26)23(17-13-15-18(30)16-14-17)25-20-10-6-8-12-22(20)27(32-25)29(34)36-4-2/h13-16,23,31-32H,3-12H2,1-2H3. The lowest BCUT2D eigenvalue weighted by molar-refractivity contribution is 0.0509. The summed E-state index contributed by atoms with van der Waals surface area (Å²) in [6.45, 7) is 4.35. The molecule has 0 saturated carbocycles. The van der Waals surface area contributed by atoms with Crippen molar-refractivity contribution in [2.45, 2.75) is 71.1 Å².